The van der Waals surface area contributed by atoms with Gasteiger partial charge in [0.25, 0.3) is 0 Å². The molecule has 0 radical (unpaired) electrons. The number of rotatable bonds is 4. The quantitative estimate of drug-likeness (QED) is 0.528. The van der Waals surface area contributed by atoms with Crippen molar-refractivity contribution in [2.75, 3.05) is 12.3 Å². The van der Waals surface area contributed by atoms with Gasteiger partial charge in [0.2, 0.25) is 11.5 Å². The lowest BCUT2D eigenvalue weighted by Crippen LogP contribution is -2.30. The van der Waals surface area contributed by atoms with Gasteiger partial charge in [0.05, 0.1) is 23.9 Å². The maximum atomic E-state index is 13.2. The third kappa shape index (κ3) is 3.31. The number of nitrogen functional groups attached to an aromatic ring is 1. The standard InChI is InChI=1S/C23H24N6O3/c1-14-10-11-32-17(14)13-28-23(31)29-21(26-28)19(16-8-9-18(30)27(2)12-16)20(25-22(29)24)15-6-4-3-5-7-15/h3-9,12,14,17H,10-11,13H2,1-2H3,(H2,24,25)/t14-,17+/m0/s1. The van der Waals surface area contributed by atoms with E-state index in [1.54, 1.807) is 19.3 Å². The van der Waals surface area contributed by atoms with Gasteiger partial charge < -0.3 is 15.0 Å². The van der Waals surface area contributed by atoms with Crippen molar-refractivity contribution in [1.29, 1.82) is 0 Å². The van der Waals surface area contributed by atoms with Crippen molar-refractivity contribution in [2.45, 2.75) is 26.0 Å². The summed E-state index contributed by atoms with van der Waals surface area (Å²) in [6.45, 7) is 3.13. The minimum atomic E-state index is -0.363. The largest absolute Gasteiger partial charge is 0.376 e. The maximum Gasteiger partial charge on any atom is 0.353 e. The number of nitrogens with two attached hydrogens (primary N) is 1. The third-order valence-electron chi connectivity index (χ3n) is 6.07. The van der Waals surface area contributed by atoms with E-state index in [2.05, 4.69) is 17.0 Å². The van der Waals surface area contributed by atoms with Crippen LogP contribution in [-0.2, 0) is 18.3 Å². The highest BCUT2D eigenvalue weighted by molar-refractivity contribution is 5.90. The zero-order chi connectivity index (χ0) is 22.4. The van der Waals surface area contributed by atoms with Crippen molar-refractivity contribution < 1.29 is 4.74 Å². The van der Waals surface area contributed by atoms with Crippen LogP contribution >= 0.6 is 0 Å². The molecule has 3 aromatic heterocycles. The molecule has 32 heavy (non-hydrogen) atoms. The number of hydrogen-bond donors (Lipinski definition) is 1. The van der Waals surface area contributed by atoms with Crippen LogP contribution in [0.1, 0.15) is 13.3 Å². The Kier molecular flexibility index (Phi) is 4.90. The first-order chi connectivity index (χ1) is 15.4. The van der Waals surface area contributed by atoms with Gasteiger partial charge in [-0.25, -0.2) is 18.9 Å². The van der Waals surface area contributed by atoms with Crippen LogP contribution in [-0.4, -0.2) is 36.4 Å². The molecule has 0 unspecified atom stereocenters. The summed E-state index contributed by atoms with van der Waals surface area (Å²) in [4.78, 5) is 29.8. The maximum absolute atomic E-state index is 13.2. The van der Waals surface area contributed by atoms with E-state index in [4.69, 9.17) is 10.5 Å². The van der Waals surface area contributed by atoms with E-state index < -0.39 is 0 Å². The molecular weight excluding hydrogens is 408 g/mol. The van der Waals surface area contributed by atoms with Gasteiger partial charge in [-0.05, 0) is 18.4 Å². The molecule has 9 nitrogen and oxygen atoms in total. The van der Waals surface area contributed by atoms with Crippen molar-refractivity contribution in [3.63, 3.8) is 0 Å². The molecule has 0 saturated carbocycles. The van der Waals surface area contributed by atoms with Crippen molar-refractivity contribution >= 4 is 11.6 Å². The summed E-state index contributed by atoms with van der Waals surface area (Å²) in [5.41, 5.74) is 8.93. The van der Waals surface area contributed by atoms with Crippen LogP contribution < -0.4 is 17.0 Å². The lowest BCUT2D eigenvalue weighted by atomic mass is 10.0. The Morgan fingerprint density at radius 3 is 2.59 bits per heavy atom. The minimum Gasteiger partial charge on any atom is -0.376 e. The SMILES string of the molecule is C[C@H]1CCO[C@@H]1Cn1nc2c(-c3ccc(=O)n(C)c3)c(-c3ccccc3)nc(N)n2c1=O. The zero-order valence-corrected chi connectivity index (χ0v) is 17.9. The molecule has 0 spiro atoms. The monoisotopic (exact) mass is 432 g/mol. The van der Waals surface area contributed by atoms with Crippen LogP contribution in [0.4, 0.5) is 5.95 Å². The molecule has 0 bridgehead atoms. The van der Waals surface area contributed by atoms with Crippen molar-refractivity contribution in [3.05, 3.63) is 69.5 Å². The van der Waals surface area contributed by atoms with E-state index in [-0.39, 0.29) is 23.3 Å². The summed E-state index contributed by atoms with van der Waals surface area (Å²) >= 11 is 0. The molecule has 0 amide bonds. The second-order valence-electron chi connectivity index (χ2n) is 8.23. The van der Waals surface area contributed by atoms with Crippen molar-refractivity contribution in [2.24, 2.45) is 13.0 Å². The van der Waals surface area contributed by atoms with Crippen molar-refractivity contribution in [3.8, 4) is 22.4 Å². The Labute approximate surface area is 183 Å². The van der Waals surface area contributed by atoms with Gasteiger partial charge in [0, 0.05) is 37.0 Å². The molecular formula is C23H24N6O3. The van der Waals surface area contributed by atoms with Crippen LogP contribution in [0.25, 0.3) is 28.0 Å². The normalized spacial score (nSPS) is 18.4. The molecule has 1 aliphatic rings. The predicted octanol–water partition coefficient (Wildman–Crippen LogP) is 1.93. The number of aryl methyl sites for hydroxylation is 1. The molecule has 2 atom stereocenters. The summed E-state index contributed by atoms with van der Waals surface area (Å²) in [6, 6.07) is 12.8. The van der Waals surface area contributed by atoms with Gasteiger partial charge in [-0.2, -0.15) is 0 Å². The molecule has 5 rings (SSSR count). The molecule has 164 valence electrons. The van der Waals surface area contributed by atoms with Gasteiger partial charge in [0.1, 0.15) is 0 Å². The minimum absolute atomic E-state index is 0.0593. The first kappa shape index (κ1) is 20.2. The first-order valence-electron chi connectivity index (χ1n) is 10.6. The van der Waals surface area contributed by atoms with Crippen LogP contribution in [0, 0.1) is 5.92 Å². The average Bonchev–Trinajstić information content (AvgIpc) is 3.34. The predicted molar refractivity (Wildman–Crippen MR) is 121 cm³/mol. The third-order valence-corrected chi connectivity index (χ3v) is 6.07. The second-order valence-corrected chi connectivity index (χ2v) is 8.23. The number of aromatic nitrogens is 5. The number of hydrogen-bond acceptors (Lipinski definition) is 6. The molecule has 9 heteroatoms. The highest BCUT2D eigenvalue weighted by Gasteiger charge is 2.27. The Balaban J connectivity index is 1.79. The zero-order valence-electron chi connectivity index (χ0n) is 17.9. The Morgan fingerprint density at radius 2 is 1.91 bits per heavy atom. The summed E-state index contributed by atoms with van der Waals surface area (Å²) in [7, 11) is 1.68. The number of pyridine rings is 1. The molecule has 1 aromatic carbocycles. The number of fused-ring (bicyclic) bond motifs is 1. The fourth-order valence-corrected chi connectivity index (χ4v) is 4.19. The molecule has 4 aromatic rings. The first-order valence-corrected chi connectivity index (χ1v) is 10.6. The van der Waals surface area contributed by atoms with E-state index in [9.17, 15) is 9.59 Å². The van der Waals surface area contributed by atoms with Crippen LogP contribution in [0.5, 0.6) is 0 Å². The molecule has 1 saturated heterocycles. The number of anilines is 1. The van der Waals surface area contributed by atoms with E-state index in [0.717, 1.165) is 12.0 Å². The van der Waals surface area contributed by atoms with Crippen LogP contribution in [0.15, 0.2) is 58.3 Å². The number of ether oxygens (including phenoxy) is 1. The number of nitrogens with zero attached hydrogens (tertiary/aromatic N) is 5. The van der Waals surface area contributed by atoms with E-state index >= 15 is 0 Å². The molecule has 1 fully saturated rings. The fraction of sp³-hybridized carbons (Fsp3) is 0.304. The number of benzene rings is 1. The van der Waals surface area contributed by atoms with Gasteiger partial charge in [0.15, 0.2) is 5.65 Å². The molecule has 2 N–H and O–H groups in total. The van der Waals surface area contributed by atoms with Crippen molar-refractivity contribution in [1.82, 2.24) is 23.7 Å². The molecule has 1 aliphatic heterocycles. The lowest BCUT2D eigenvalue weighted by molar-refractivity contribution is 0.0759. The van der Waals surface area contributed by atoms with E-state index in [1.807, 2.05) is 30.3 Å². The Morgan fingerprint density at radius 1 is 1.12 bits per heavy atom. The highest BCUT2D eigenvalue weighted by Crippen LogP contribution is 2.34. The smallest absolute Gasteiger partial charge is 0.353 e. The Hall–Kier alpha value is -3.72. The summed E-state index contributed by atoms with van der Waals surface area (Å²) < 4.78 is 10.0. The average molecular weight is 432 g/mol. The fourth-order valence-electron chi connectivity index (χ4n) is 4.19. The summed E-state index contributed by atoms with van der Waals surface area (Å²) in [5, 5.41) is 4.67. The van der Waals surface area contributed by atoms with Crippen LogP contribution in [0.2, 0.25) is 0 Å². The van der Waals surface area contributed by atoms with Gasteiger partial charge in [-0.15, -0.1) is 5.10 Å². The van der Waals surface area contributed by atoms with E-state index in [1.165, 1.54) is 19.7 Å². The lowest BCUT2D eigenvalue weighted by Gasteiger charge is -2.13. The topological polar surface area (TPSA) is 109 Å². The molecule has 4 heterocycles. The highest BCUT2D eigenvalue weighted by atomic mass is 16.5. The van der Waals surface area contributed by atoms with Gasteiger partial charge in [-0.3, -0.25) is 4.79 Å². The Bertz CT molecular complexity index is 1420. The van der Waals surface area contributed by atoms with Gasteiger partial charge >= 0.3 is 5.69 Å². The summed E-state index contributed by atoms with van der Waals surface area (Å²) in [6.07, 6.45) is 2.59. The van der Waals surface area contributed by atoms with Gasteiger partial charge in [-0.1, -0.05) is 37.3 Å². The molecule has 0 aliphatic carbocycles. The summed E-state index contributed by atoms with van der Waals surface area (Å²) in [5.74, 6) is 0.397. The van der Waals surface area contributed by atoms with E-state index in [0.29, 0.717) is 41.5 Å². The second kappa shape index (κ2) is 7.76. The van der Waals surface area contributed by atoms with Crippen LogP contribution in [0.3, 0.4) is 0 Å².